The predicted octanol–water partition coefficient (Wildman–Crippen LogP) is 2.34. The van der Waals surface area contributed by atoms with Crippen LogP contribution in [0.4, 0.5) is 0 Å². The minimum Gasteiger partial charge on any atom is -0.493 e. The lowest BCUT2D eigenvalue weighted by Crippen LogP contribution is -2.29. The molecule has 0 saturated carbocycles. The number of carbonyl (C=O) groups is 2. The van der Waals surface area contributed by atoms with Crippen molar-refractivity contribution in [3.8, 4) is 5.75 Å². The molecule has 1 aliphatic heterocycles. The van der Waals surface area contributed by atoms with Gasteiger partial charge in [-0.3, -0.25) is 9.59 Å². The number of rotatable bonds is 5. The summed E-state index contributed by atoms with van der Waals surface area (Å²) in [6.07, 6.45) is 3.50. The number of benzene rings is 2. The monoisotopic (exact) mass is 371 g/mol. The normalized spacial score (nSPS) is 13.3. The van der Waals surface area contributed by atoms with Gasteiger partial charge in [0.15, 0.2) is 5.78 Å². The van der Waals surface area contributed by atoms with Crippen molar-refractivity contribution in [2.24, 2.45) is 0 Å². The third-order valence-corrected chi connectivity index (χ3v) is 5.27. The molecule has 2 aromatic carbocycles. The Kier molecular flexibility index (Phi) is 4.90. The standard InChI is InChI=1S/C19H17NO5S/c1-13(21)15-3-2-4-17(12-15)26(23,24)20-19(22)8-6-14-5-7-18-16(11-14)9-10-25-18/h2-8,11-12H,9-10H2,1H3,(H,20,22). The van der Waals surface area contributed by atoms with E-state index in [9.17, 15) is 18.0 Å². The molecule has 7 heteroatoms. The lowest BCUT2D eigenvalue weighted by molar-refractivity contribution is -0.114. The van der Waals surface area contributed by atoms with Crippen LogP contribution in [-0.4, -0.2) is 26.7 Å². The van der Waals surface area contributed by atoms with Crippen LogP contribution in [0, 0.1) is 0 Å². The molecule has 0 aromatic heterocycles. The Labute approximate surface area is 151 Å². The van der Waals surface area contributed by atoms with Crippen molar-refractivity contribution >= 4 is 27.8 Å². The lowest BCUT2D eigenvalue weighted by Gasteiger charge is -2.06. The van der Waals surface area contributed by atoms with Crippen LogP contribution in [0.2, 0.25) is 0 Å². The average molecular weight is 371 g/mol. The fourth-order valence-electron chi connectivity index (χ4n) is 2.59. The van der Waals surface area contributed by atoms with Gasteiger partial charge in [-0.25, -0.2) is 13.1 Å². The van der Waals surface area contributed by atoms with E-state index in [1.165, 1.54) is 37.3 Å². The van der Waals surface area contributed by atoms with Crippen molar-refractivity contribution in [2.75, 3.05) is 6.61 Å². The van der Waals surface area contributed by atoms with Crippen molar-refractivity contribution in [2.45, 2.75) is 18.2 Å². The highest BCUT2D eigenvalue weighted by atomic mass is 32.2. The van der Waals surface area contributed by atoms with E-state index in [0.717, 1.165) is 29.4 Å². The third-order valence-electron chi connectivity index (χ3n) is 3.93. The SMILES string of the molecule is CC(=O)c1cccc(S(=O)(=O)NC(=O)C=Cc2ccc3c(c2)CCO3)c1. The Balaban J connectivity index is 1.72. The van der Waals surface area contributed by atoms with E-state index in [-0.39, 0.29) is 16.2 Å². The number of nitrogens with one attached hydrogen (secondary N) is 1. The van der Waals surface area contributed by atoms with Crippen molar-refractivity contribution in [3.63, 3.8) is 0 Å². The Morgan fingerprint density at radius 2 is 1.96 bits per heavy atom. The molecule has 0 bridgehead atoms. The molecule has 0 fully saturated rings. The van der Waals surface area contributed by atoms with Crippen LogP contribution in [0.3, 0.4) is 0 Å². The summed E-state index contributed by atoms with van der Waals surface area (Å²) < 4.78 is 32.0. The van der Waals surface area contributed by atoms with Gasteiger partial charge >= 0.3 is 0 Å². The fourth-order valence-corrected chi connectivity index (χ4v) is 3.58. The van der Waals surface area contributed by atoms with Gasteiger partial charge in [0.1, 0.15) is 5.75 Å². The van der Waals surface area contributed by atoms with E-state index in [1.807, 2.05) is 16.9 Å². The first-order valence-corrected chi connectivity index (χ1v) is 9.45. The van der Waals surface area contributed by atoms with Gasteiger partial charge < -0.3 is 4.74 Å². The van der Waals surface area contributed by atoms with Gasteiger partial charge in [-0.05, 0) is 48.4 Å². The van der Waals surface area contributed by atoms with Gasteiger partial charge in [0.2, 0.25) is 0 Å². The number of amides is 1. The van der Waals surface area contributed by atoms with E-state index in [1.54, 1.807) is 6.07 Å². The summed E-state index contributed by atoms with van der Waals surface area (Å²) in [5, 5.41) is 0. The first-order valence-electron chi connectivity index (χ1n) is 7.97. The van der Waals surface area contributed by atoms with Crippen LogP contribution in [0.25, 0.3) is 6.08 Å². The van der Waals surface area contributed by atoms with E-state index in [2.05, 4.69) is 0 Å². The Morgan fingerprint density at radius 3 is 2.73 bits per heavy atom. The van der Waals surface area contributed by atoms with Crippen molar-refractivity contribution in [1.82, 2.24) is 4.72 Å². The van der Waals surface area contributed by atoms with Crippen LogP contribution < -0.4 is 9.46 Å². The van der Waals surface area contributed by atoms with Crippen LogP contribution in [0.1, 0.15) is 28.4 Å². The van der Waals surface area contributed by atoms with Gasteiger partial charge in [0.25, 0.3) is 15.9 Å². The molecule has 0 atom stereocenters. The van der Waals surface area contributed by atoms with Crippen molar-refractivity contribution in [3.05, 3.63) is 65.2 Å². The summed E-state index contributed by atoms with van der Waals surface area (Å²) in [4.78, 5) is 23.2. The molecule has 0 aliphatic carbocycles. The predicted molar refractivity (Wildman–Crippen MR) is 96.5 cm³/mol. The average Bonchev–Trinajstić information content (AvgIpc) is 3.07. The molecule has 2 aromatic rings. The lowest BCUT2D eigenvalue weighted by atomic mass is 10.1. The van der Waals surface area contributed by atoms with Crippen molar-refractivity contribution < 1.29 is 22.7 Å². The first kappa shape index (κ1) is 17.9. The minimum atomic E-state index is -4.05. The van der Waals surface area contributed by atoms with Crippen molar-refractivity contribution in [1.29, 1.82) is 0 Å². The Bertz CT molecular complexity index is 1010. The number of sulfonamides is 1. The van der Waals surface area contributed by atoms with Crippen LogP contribution in [-0.2, 0) is 21.2 Å². The summed E-state index contributed by atoms with van der Waals surface area (Å²) in [5.74, 6) is -0.191. The topological polar surface area (TPSA) is 89.5 Å². The molecular weight excluding hydrogens is 354 g/mol. The zero-order valence-corrected chi connectivity index (χ0v) is 14.9. The molecule has 0 spiro atoms. The smallest absolute Gasteiger partial charge is 0.264 e. The zero-order valence-electron chi connectivity index (χ0n) is 14.1. The summed E-state index contributed by atoms with van der Waals surface area (Å²) in [5.41, 5.74) is 2.10. The van der Waals surface area contributed by atoms with Gasteiger partial charge in [-0.15, -0.1) is 0 Å². The van der Waals surface area contributed by atoms with Crippen LogP contribution in [0.15, 0.2) is 53.4 Å². The molecule has 3 rings (SSSR count). The minimum absolute atomic E-state index is 0.137. The second-order valence-electron chi connectivity index (χ2n) is 5.85. The Hall–Kier alpha value is -2.93. The number of hydrogen-bond acceptors (Lipinski definition) is 5. The molecule has 1 amide bonds. The number of ether oxygens (including phenoxy) is 1. The Morgan fingerprint density at radius 1 is 1.15 bits per heavy atom. The van der Waals surface area contributed by atoms with Gasteiger partial charge in [-0.2, -0.15) is 0 Å². The van der Waals surface area contributed by atoms with E-state index < -0.39 is 15.9 Å². The highest BCUT2D eigenvalue weighted by Gasteiger charge is 2.17. The number of carbonyl (C=O) groups excluding carboxylic acids is 2. The summed E-state index contributed by atoms with van der Waals surface area (Å²) in [7, 11) is -4.05. The summed E-state index contributed by atoms with van der Waals surface area (Å²) in [6.45, 7) is 1.98. The summed E-state index contributed by atoms with van der Waals surface area (Å²) in [6, 6.07) is 11.0. The summed E-state index contributed by atoms with van der Waals surface area (Å²) >= 11 is 0. The maximum atomic E-state index is 12.3. The third kappa shape index (κ3) is 4.00. The molecule has 0 unspecified atom stereocenters. The quantitative estimate of drug-likeness (QED) is 0.644. The molecule has 1 aliphatic rings. The number of ketones is 1. The highest BCUT2D eigenvalue weighted by Crippen LogP contribution is 2.26. The van der Waals surface area contributed by atoms with Crippen LogP contribution in [0.5, 0.6) is 5.75 Å². The zero-order chi connectivity index (χ0) is 18.7. The van der Waals surface area contributed by atoms with E-state index in [4.69, 9.17) is 4.74 Å². The second kappa shape index (κ2) is 7.13. The highest BCUT2D eigenvalue weighted by molar-refractivity contribution is 7.90. The number of fused-ring (bicyclic) bond motifs is 1. The second-order valence-corrected chi connectivity index (χ2v) is 7.54. The van der Waals surface area contributed by atoms with Gasteiger partial charge in [0, 0.05) is 18.1 Å². The molecule has 26 heavy (non-hydrogen) atoms. The number of Topliss-reactive ketones (excluding diaryl/α,β-unsaturated/α-hetero) is 1. The molecule has 0 radical (unpaired) electrons. The fraction of sp³-hybridized carbons (Fsp3) is 0.158. The molecule has 1 N–H and O–H groups in total. The van der Waals surface area contributed by atoms with Gasteiger partial charge in [-0.1, -0.05) is 18.2 Å². The number of hydrogen-bond donors (Lipinski definition) is 1. The molecule has 6 nitrogen and oxygen atoms in total. The largest absolute Gasteiger partial charge is 0.493 e. The molecule has 0 saturated heterocycles. The first-order chi connectivity index (χ1) is 12.3. The molecular formula is C19H17NO5S. The van der Waals surface area contributed by atoms with Crippen LogP contribution >= 0.6 is 0 Å². The maximum absolute atomic E-state index is 12.3. The van der Waals surface area contributed by atoms with E-state index in [0.29, 0.717) is 6.61 Å². The molecule has 134 valence electrons. The molecule has 1 heterocycles. The van der Waals surface area contributed by atoms with Gasteiger partial charge in [0.05, 0.1) is 11.5 Å². The van der Waals surface area contributed by atoms with E-state index >= 15 is 0 Å². The maximum Gasteiger partial charge on any atom is 0.264 e.